The zero-order valence-corrected chi connectivity index (χ0v) is 12.5. The van der Waals surface area contributed by atoms with Crippen LogP contribution in [0.3, 0.4) is 0 Å². The maximum absolute atomic E-state index is 11.5. The van der Waals surface area contributed by atoms with E-state index in [9.17, 15) is 9.59 Å². The van der Waals surface area contributed by atoms with Crippen LogP contribution in [-0.4, -0.2) is 76.3 Å². The monoisotopic (exact) mass is 311 g/mol. The van der Waals surface area contributed by atoms with Gasteiger partial charge in [0.15, 0.2) is 11.8 Å². The summed E-state index contributed by atoms with van der Waals surface area (Å²) in [6.45, 7) is 2.22. The second-order valence-corrected chi connectivity index (χ2v) is 5.05. The molecular formula is C15H30KNO3. The Morgan fingerprint density at radius 3 is 1.85 bits per heavy atom. The molecule has 0 saturated heterocycles. The van der Waals surface area contributed by atoms with Crippen molar-refractivity contribution >= 4 is 63.1 Å². The number of hydrogen-bond donors (Lipinski definition) is 1. The first-order chi connectivity index (χ1) is 9.13. The number of unbranched alkanes of at least 4 members (excludes halogenated alkanes) is 8. The molecule has 0 bridgehead atoms. The van der Waals surface area contributed by atoms with E-state index in [4.69, 9.17) is 5.73 Å². The van der Waals surface area contributed by atoms with Crippen LogP contribution in [0.2, 0.25) is 0 Å². The third-order valence-electron chi connectivity index (χ3n) is 3.33. The van der Waals surface area contributed by atoms with Gasteiger partial charge >= 0.3 is 57.4 Å². The number of rotatable bonds is 12. The number of methoxy groups -OCH3 is 1. The van der Waals surface area contributed by atoms with Crippen LogP contribution in [0.25, 0.3) is 0 Å². The molecule has 0 rings (SSSR count). The Bertz CT molecular complexity index is 260. The van der Waals surface area contributed by atoms with E-state index in [2.05, 4.69) is 11.7 Å². The summed E-state index contributed by atoms with van der Waals surface area (Å²) in [7, 11) is 1.24. The molecule has 20 heavy (non-hydrogen) atoms. The number of esters is 1. The van der Waals surface area contributed by atoms with Crippen LogP contribution in [0.5, 0.6) is 0 Å². The van der Waals surface area contributed by atoms with E-state index in [1.807, 2.05) is 0 Å². The number of hydrogen-bond acceptors (Lipinski definition) is 4. The molecule has 0 radical (unpaired) electrons. The number of nitrogens with two attached hydrogens (primary N) is 1. The molecule has 0 aromatic heterocycles. The molecule has 2 N–H and O–H groups in total. The summed E-state index contributed by atoms with van der Waals surface area (Å²) in [6.07, 6.45) is 11.2. The summed E-state index contributed by atoms with van der Waals surface area (Å²) >= 11 is 0. The first-order valence-electron chi connectivity index (χ1n) is 7.49. The van der Waals surface area contributed by atoms with E-state index in [1.54, 1.807) is 0 Å². The molecule has 4 nitrogen and oxygen atoms in total. The number of ether oxygens (including phenoxy) is 1. The van der Waals surface area contributed by atoms with E-state index in [0.29, 0.717) is 6.42 Å². The Labute approximate surface area is 166 Å². The van der Waals surface area contributed by atoms with Crippen molar-refractivity contribution in [2.24, 2.45) is 5.73 Å². The Kier molecular flexibility index (Phi) is 18.5. The van der Waals surface area contributed by atoms with Gasteiger partial charge in [-0.1, -0.05) is 58.3 Å². The van der Waals surface area contributed by atoms with Crippen molar-refractivity contribution in [2.75, 3.05) is 7.11 Å². The number of Topliss-reactive ketones (excluding diaryl/α,β-unsaturated/α-hetero) is 1. The van der Waals surface area contributed by atoms with Gasteiger partial charge in [-0.25, -0.2) is 4.79 Å². The van der Waals surface area contributed by atoms with Gasteiger partial charge in [0.2, 0.25) is 0 Å². The second-order valence-electron chi connectivity index (χ2n) is 5.05. The summed E-state index contributed by atoms with van der Waals surface area (Å²) in [5, 5.41) is 0. The first kappa shape index (κ1) is 23.0. The van der Waals surface area contributed by atoms with Crippen molar-refractivity contribution in [3.63, 3.8) is 0 Å². The van der Waals surface area contributed by atoms with Crippen molar-refractivity contribution in [1.82, 2.24) is 0 Å². The predicted octanol–water partition coefficient (Wildman–Crippen LogP) is 2.33. The predicted molar refractivity (Wildman–Crippen MR) is 84.0 cm³/mol. The van der Waals surface area contributed by atoms with Crippen LogP contribution in [0.1, 0.15) is 71.1 Å². The molecule has 1 atom stereocenters. The second kappa shape index (κ2) is 16.1. The normalized spacial score (nSPS) is 11.6. The first-order valence-corrected chi connectivity index (χ1v) is 7.49. The van der Waals surface area contributed by atoms with Crippen molar-refractivity contribution in [3.8, 4) is 0 Å². The van der Waals surface area contributed by atoms with Crippen LogP contribution >= 0.6 is 0 Å². The summed E-state index contributed by atoms with van der Waals surface area (Å²) < 4.78 is 4.44. The molecule has 0 aliphatic carbocycles. The van der Waals surface area contributed by atoms with Crippen molar-refractivity contribution in [2.45, 2.75) is 77.2 Å². The summed E-state index contributed by atoms with van der Waals surface area (Å²) in [6, 6.07) is -1.10. The van der Waals surface area contributed by atoms with E-state index in [1.165, 1.54) is 45.6 Å². The molecule has 0 aliphatic heterocycles. The summed E-state index contributed by atoms with van der Waals surface area (Å²) in [5.41, 5.74) is 5.46. The van der Waals surface area contributed by atoms with Gasteiger partial charge in [-0.05, 0) is 6.42 Å². The molecule has 0 aromatic carbocycles. The molecule has 0 aliphatic rings. The fraction of sp³-hybridized carbons (Fsp3) is 0.867. The minimum atomic E-state index is -1.10. The molecule has 0 saturated carbocycles. The van der Waals surface area contributed by atoms with Gasteiger partial charge in [-0.2, -0.15) is 0 Å². The molecule has 114 valence electrons. The van der Waals surface area contributed by atoms with Crippen molar-refractivity contribution in [1.29, 1.82) is 0 Å². The van der Waals surface area contributed by atoms with Crippen LogP contribution in [-0.2, 0) is 14.3 Å². The van der Waals surface area contributed by atoms with Crippen molar-refractivity contribution < 1.29 is 14.3 Å². The molecule has 0 amide bonds. The Hall–Kier alpha value is 0.736. The zero-order valence-electron chi connectivity index (χ0n) is 12.5. The van der Waals surface area contributed by atoms with Crippen LogP contribution in [0.4, 0.5) is 0 Å². The van der Waals surface area contributed by atoms with E-state index >= 15 is 0 Å². The minimum absolute atomic E-state index is 0. The van der Waals surface area contributed by atoms with Crippen LogP contribution < -0.4 is 5.73 Å². The zero-order chi connectivity index (χ0) is 14.5. The van der Waals surface area contributed by atoms with Gasteiger partial charge in [-0.15, -0.1) is 0 Å². The Morgan fingerprint density at radius 1 is 0.950 bits per heavy atom. The molecule has 0 spiro atoms. The van der Waals surface area contributed by atoms with Crippen molar-refractivity contribution in [3.05, 3.63) is 0 Å². The van der Waals surface area contributed by atoms with E-state index in [0.717, 1.165) is 19.3 Å². The third-order valence-corrected chi connectivity index (χ3v) is 3.33. The Morgan fingerprint density at radius 2 is 1.40 bits per heavy atom. The molecular weight excluding hydrogens is 281 g/mol. The average Bonchev–Trinajstić information content (AvgIpc) is 2.43. The fourth-order valence-corrected chi connectivity index (χ4v) is 2.02. The molecule has 1 unspecified atom stereocenters. The standard InChI is InChI=1S/C15H29NO3.K.H/c1-3-4-5-6-7-8-9-10-11-12-13(17)14(16)15(18)19-2;;/h14H,3-12,16H2,1-2H3;;. The van der Waals surface area contributed by atoms with Gasteiger partial charge in [0.05, 0.1) is 7.11 Å². The summed E-state index contributed by atoms with van der Waals surface area (Å²) in [4.78, 5) is 22.6. The molecule has 0 aromatic rings. The van der Waals surface area contributed by atoms with E-state index < -0.39 is 12.0 Å². The van der Waals surface area contributed by atoms with Gasteiger partial charge in [0.25, 0.3) is 0 Å². The fourth-order valence-electron chi connectivity index (χ4n) is 2.02. The van der Waals surface area contributed by atoms with E-state index in [-0.39, 0.29) is 57.2 Å². The van der Waals surface area contributed by atoms with Gasteiger partial charge in [-0.3, -0.25) is 4.79 Å². The number of carbonyl (C=O) groups excluding carboxylic acids is 2. The summed E-state index contributed by atoms with van der Waals surface area (Å²) in [5.74, 6) is -0.851. The van der Waals surface area contributed by atoms with Gasteiger partial charge in [0, 0.05) is 6.42 Å². The maximum atomic E-state index is 11.5. The van der Waals surface area contributed by atoms with Gasteiger partial charge < -0.3 is 10.5 Å². The average molecular weight is 312 g/mol. The number of carbonyl (C=O) groups is 2. The van der Waals surface area contributed by atoms with Crippen LogP contribution in [0.15, 0.2) is 0 Å². The quantitative estimate of drug-likeness (QED) is 0.260. The molecule has 5 heteroatoms. The third kappa shape index (κ3) is 12.5. The van der Waals surface area contributed by atoms with Crippen LogP contribution in [0, 0.1) is 0 Å². The SMILES string of the molecule is CCCCCCCCCCCC(=O)C(N)C(=O)OC.[KH]. The molecule has 0 fully saturated rings. The van der Waals surface area contributed by atoms with Gasteiger partial charge in [0.1, 0.15) is 0 Å². The molecule has 0 heterocycles. The Balaban J connectivity index is 0. The topological polar surface area (TPSA) is 69.4 Å². The number of ketones is 1.